The molecule has 1 amide bonds. The van der Waals surface area contributed by atoms with Crippen LogP contribution in [0, 0.1) is 5.92 Å². The monoisotopic (exact) mass is 299 g/mol. The fourth-order valence-electron chi connectivity index (χ4n) is 3.34. The molecule has 1 aromatic carbocycles. The summed E-state index contributed by atoms with van der Waals surface area (Å²) in [6.07, 6.45) is 9.17. The van der Waals surface area contributed by atoms with Crippen LogP contribution in [0.3, 0.4) is 0 Å². The number of fused-ring (bicyclic) bond motifs is 1. The predicted octanol–water partition coefficient (Wildman–Crippen LogP) is 3.58. The van der Waals surface area contributed by atoms with Crippen LogP contribution in [0.25, 0.3) is 11.0 Å². The van der Waals surface area contributed by atoms with Crippen LogP contribution in [0.1, 0.15) is 50.8 Å². The van der Waals surface area contributed by atoms with E-state index >= 15 is 0 Å². The van der Waals surface area contributed by atoms with Gasteiger partial charge in [-0.15, -0.1) is 0 Å². The van der Waals surface area contributed by atoms with Crippen molar-refractivity contribution >= 4 is 16.9 Å². The van der Waals surface area contributed by atoms with Gasteiger partial charge in [0.15, 0.2) is 0 Å². The lowest BCUT2D eigenvalue weighted by molar-refractivity contribution is -0.121. The number of carbonyl (C=O) groups is 1. The van der Waals surface area contributed by atoms with E-state index in [-0.39, 0.29) is 5.91 Å². The number of benzene rings is 1. The molecule has 0 aliphatic heterocycles. The molecule has 1 aliphatic carbocycles. The van der Waals surface area contributed by atoms with Crippen molar-refractivity contribution in [3.05, 3.63) is 30.1 Å². The SMILES string of the molecule is O=C(CCC1CCCCC1)NCCc1nc2ccccc2[nH]1. The van der Waals surface area contributed by atoms with Crippen molar-refractivity contribution in [3.8, 4) is 0 Å². The van der Waals surface area contributed by atoms with E-state index in [1.807, 2.05) is 24.3 Å². The Bertz CT molecular complexity index is 581. The first-order valence-electron chi connectivity index (χ1n) is 8.51. The second-order valence-corrected chi connectivity index (χ2v) is 6.34. The maximum Gasteiger partial charge on any atom is 0.220 e. The maximum absolute atomic E-state index is 11.9. The Hall–Kier alpha value is -1.84. The van der Waals surface area contributed by atoms with Gasteiger partial charge in [0.1, 0.15) is 5.82 Å². The van der Waals surface area contributed by atoms with Crippen molar-refractivity contribution < 1.29 is 4.79 Å². The molecule has 3 rings (SSSR count). The molecule has 4 heteroatoms. The zero-order valence-corrected chi connectivity index (χ0v) is 13.1. The number of para-hydroxylation sites is 2. The van der Waals surface area contributed by atoms with E-state index in [4.69, 9.17) is 0 Å². The lowest BCUT2D eigenvalue weighted by Crippen LogP contribution is -2.26. The average Bonchev–Trinajstić information content (AvgIpc) is 2.96. The molecular formula is C18H25N3O. The van der Waals surface area contributed by atoms with Crippen molar-refractivity contribution in [2.24, 2.45) is 5.92 Å². The molecule has 1 saturated carbocycles. The minimum Gasteiger partial charge on any atom is -0.356 e. The van der Waals surface area contributed by atoms with Gasteiger partial charge in [-0.2, -0.15) is 0 Å². The molecule has 1 aromatic heterocycles. The van der Waals surface area contributed by atoms with E-state index in [1.165, 1.54) is 32.1 Å². The van der Waals surface area contributed by atoms with Gasteiger partial charge in [0.05, 0.1) is 11.0 Å². The van der Waals surface area contributed by atoms with Crippen LogP contribution >= 0.6 is 0 Å². The van der Waals surface area contributed by atoms with Crippen LogP contribution in [0.15, 0.2) is 24.3 Å². The number of amides is 1. The second kappa shape index (κ2) is 7.43. The van der Waals surface area contributed by atoms with Gasteiger partial charge >= 0.3 is 0 Å². The summed E-state index contributed by atoms with van der Waals surface area (Å²) in [6, 6.07) is 8.00. The fourth-order valence-corrected chi connectivity index (χ4v) is 3.34. The quantitative estimate of drug-likeness (QED) is 0.856. The van der Waals surface area contributed by atoms with Gasteiger partial charge in [-0.1, -0.05) is 44.2 Å². The van der Waals surface area contributed by atoms with Crippen LogP contribution in [0.4, 0.5) is 0 Å². The molecule has 1 heterocycles. The zero-order chi connectivity index (χ0) is 15.2. The Labute approximate surface area is 131 Å². The first-order chi connectivity index (χ1) is 10.8. The third-order valence-corrected chi connectivity index (χ3v) is 4.63. The van der Waals surface area contributed by atoms with Gasteiger partial charge in [-0.3, -0.25) is 4.79 Å². The number of aromatic nitrogens is 2. The van der Waals surface area contributed by atoms with Crippen molar-refractivity contribution in [2.45, 2.75) is 51.4 Å². The summed E-state index contributed by atoms with van der Waals surface area (Å²) in [5.74, 6) is 1.89. The minimum absolute atomic E-state index is 0.182. The predicted molar refractivity (Wildman–Crippen MR) is 88.6 cm³/mol. The van der Waals surface area contributed by atoms with Crippen LogP contribution < -0.4 is 5.32 Å². The molecular weight excluding hydrogens is 274 g/mol. The number of imidazole rings is 1. The maximum atomic E-state index is 11.9. The van der Waals surface area contributed by atoms with Crippen molar-refractivity contribution in [2.75, 3.05) is 6.54 Å². The van der Waals surface area contributed by atoms with E-state index in [1.54, 1.807) is 0 Å². The summed E-state index contributed by atoms with van der Waals surface area (Å²) < 4.78 is 0. The molecule has 0 unspecified atom stereocenters. The highest BCUT2D eigenvalue weighted by Gasteiger charge is 2.14. The summed E-state index contributed by atoms with van der Waals surface area (Å²) >= 11 is 0. The van der Waals surface area contributed by atoms with Crippen molar-refractivity contribution in [1.82, 2.24) is 15.3 Å². The van der Waals surface area contributed by atoms with Crippen LogP contribution in [0.5, 0.6) is 0 Å². The number of hydrogen-bond acceptors (Lipinski definition) is 2. The Kier molecular flexibility index (Phi) is 5.09. The number of hydrogen-bond donors (Lipinski definition) is 2. The Morgan fingerprint density at radius 2 is 2.05 bits per heavy atom. The van der Waals surface area contributed by atoms with E-state index in [0.29, 0.717) is 13.0 Å². The molecule has 1 fully saturated rings. The number of carbonyl (C=O) groups excluding carboxylic acids is 1. The summed E-state index contributed by atoms with van der Waals surface area (Å²) in [7, 11) is 0. The lowest BCUT2D eigenvalue weighted by Gasteiger charge is -2.20. The Balaban J connectivity index is 1.37. The molecule has 0 spiro atoms. The molecule has 0 bridgehead atoms. The van der Waals surface area contributed by atoms with Gasteiger partial charge in [0.25, 0.3) is 0 Å². The molecule has 22 heavy (non-hydrogen) atoms. The lowest BCUT2D eigenvalue weighted by atomic mass is 9.86. The second-order valence-electron chi connectivity index (χ2n) is 6.34. The van der Waals surface area contributed by atoms with Crippen LogP contribution in [-0.2, 0) is 11.2 Å². The van der Waals surface area contributed by atoms with E-state index in [0.717, 1.165) is 35.6 Å². The summed E-state index contributed by atoms with van der Waals surface area (Å²) in [5, 5.41) is 3.02. The van der Waals surface area contributed by atoms with Crippen LogP contribution in [0.2, 0.25) is 0 Å². The number of aromatic amines is 1. The molecule has 2 N–H and O–H groups in total. The fraction of sp³-hybridized carbons (Fsp3) is 0.556. The van der Waals surface area contributed by atoms with Crippen LogP contribution in [-0.4, -0.2) is 22.4 Å². The number of nitrogens with zero attached hydrogens (tertiary/aromatic N) is 1. The largest absolute Gasteiger partial charge is 0.356 e. The topological polar surface area (TPSA) is 57.8 Å². The van der Waals surface area contributed by atoms with Crippen molar-refractivity contribution in [3.63, 3.8) is 0 Å². The Morgan fingerprint density at radius 3 is 2.86 bits per heavy atom. The van der Waals surface area contributed by atoms with Gasteiger partial charge in [-0.25, -0.2) is 4.98 Å². The highest BCUT2D eigenvalue weighted by molar-refractivity contribution is 5.76. The molecule has 0 saturated heterocycles. The first-order valence-corrected chi connectivity index (χ1v) is 8.51. The summed E-state index contributed by atoms with van der Waals surface area (Å²) in [5.41, 5.74) is 2.04. The molecule has 118 valence electrons. The van der Waals surface area contributed by atoms with Gasteiger partial charge in [-0.05, 0) is 24.5 Å². The standard InChI is InChI=1S/C18H25N3O/c22-18(11-10-14-6-2-1-3-7-14)19-13-12-17-20-15-8-4-5-9-16(15)21-17/h4-5,8-9,14H,1-3,6-7,10-13H2,(H,19,22)(H,20,21). The van der Waals surface area contributed by atoms with E-state index < -0.39 is 0 Å². The van der Waals surface area contributed by atoms with Gasteiger partial charge in [0.2, 0.25) is 5.91 Å². The Morgan fingerprint density at radius 1 is 1.23 bits per heavy atom. The van der Waals surface area contributed by atoms with E-state index in [9.17, 15) is 4.79 Å². The average molecular weight is 299 g/mol. The summed E-state index contributed by atoms with van der Waals surface area (Å²) in [4.78, 5) is 19.7. The molecule has 1 aliphatic rings. The molecule has 2 aromatic rings. The zero-order valence-electron chi connectivity index (χ0n) is 13.1. The molecule has 0 radical (unpaired) electrons. The summed E-state index contributed by atoms with van der Waals surface area (Å²) in [6.45, 7) is 0.656. The van der Waals surface area contributed by atoms with Gasteiger partial charge in [0, 0.05) is 19.4 Å². The molecule has 0 atom stereocenters. The minimum atomic E-state index is 0.182. The van der Waals surface area contributed by atoms with Crippen molar-refractivity contribution in [1.29, 1.82) is 0 Å². The highest BCUT2D eigenvalue weighted by Crippen LogP contribution is 2.27. The van der Waals surface area contributed by atoms with Gasteiger partial charge < -0.3 is 10.3 Å². The number of nitrogens with one attached hydrogen (secondary N) is 2. The number of rotatable bonds is 6. The third kappa shape index (κ3) is 4.09. The smallest absolute Gasteiger partial charge is 0.220 e. The van der Waals surface area contributed by atoms with E-state index in [2.05, 4.69) is 15.3 Å². The third-order valence-electron chi connectivity index (χ3n) is 4.63. The molecule has 4 nitrogen and oxygen atoms in total. The normalized spacial score (nSPS) is 16.0. The highest BCUT2D eigenvalue weighted by atomic mass is 16.1. The first kappa shape index (κ1) is 15.1. The number of H-pyrrole nitrogens is 1.